The molecular formula is C30H36N2Na12O48S12. The molecule has 4 rings (SSSR count). The standard InChI is InChI=1S/C30H48N2O48S12.12Na/c33-81(34,35)69-19-9-5-15(23(73-85(45,46)47)27(19)77-89(57,58)59)31(16-6-10-20(70-82(36,37)38)28(78-90(60,61)62)24(16)74-86(48,49)50)13-3-1-2-4-14-32(17-7-11-21(71-83(39,40)41)29(79-91(63,64)65)25(17)75-87(51,52)53)18-8-12-22(72-84(42,43)44)30(80-92(66,67)68)26(18)76-88(54,55)56;;;;;;;;;;;;/h5-12,15-30H,1-4,13-14H2,(H,33,34,35)(H,36,37,38)(H,39,40,41)(H,42,43,44)(H,45,46,47)(H,48,49,50)(H,51,52,53)(H,54,55,56)(H,57,58,59)(H,60,61,62)(H,63,64,65)(H,66,67,68);;;;;;;;;;;;/q;12*+1/p-12/t15-,16-,17-,18-,19+,20+,21+,22+,23+,24+,25+,26+,27+,28+,29+,30+;;;;;;;;;;;;/m0............/s1. The molecule has 0 radical (unpaired) electrons. The second kappa shape index (κ2) is 53.5. The van der Waals surface area contributed by atoms with Crippen molar-refractivity contribution in [2.75, 3.05) is 13.1 Å². The fourth-order valence-electron chi connectivity index (χ4n) is 9.29. The van der Waals surface area contributed by atoms with E-state index in [-0.39, 0.29) is 379 Å². The quantitative estimate of drug-likeness (QED) is 0.0187. The minimum Gasteiger partial charge on any atom is -0.726 e. The molecule has 0 unspecified atom stereocenters. The second-order valence-electron chi connectivity index (χ2n) is 18.0. The van der Waals surface area contributed by atoms with Gasteiger partial charge in [-0.2, -0.15) is 0 Å². The van der Waals surface area contributed by atoms with E-state index in [9.17, 15) is 156 Å². The van der Waals surface area contributed by atoms with Crippen LogP contribution in [0.3, 0.4) is 0 Å². The summed E-state index contributed by atoms with van der Waals surface area (Å²) in [5, 5.41) is 0. The first-order valence-electron chi connectivity index (χ1n) is 23.0. The zero-order chi connectivity index (χ0) is 70.8. The Labute approximate surface area is 862 Å². The normalized spacial score (nSPS) is 26.8. The first kappa shape index (κ1) is 131. The molecule has 0 N–H and O–H groups in total. The SMILES string of the molecule is O=S(=O)([O-])O[C@H]1[C@H](OS(=O)(=O)[O-])[C@@H](N(CCCCCCN([C@H]2C=C[C@@H](OS(=O)(=O)[O-])[C@@H](OS(=O)(=O)[O-])[C@@H]2OS(=O)(=O)[O-])[C@H]2C=C[C@@H](OS(=O)(=O)[O-])[C@@H](OS(=O)(=O)[O-])[C@@H]2OS(=O)(=O)[O-])[C@H]2C=C[C@@H](OS(=O)(=O)[O-])[C@@H](OS(=O)(=O)[O-])[C@@H]2OS(=O)(=O)[O-])C=C[C@H]1OS(=O)(=O)[O-].[Na+].[Na+].[Na+].[Na+].[Na+].[Na+].[Na+].[Na+].[Na+].[Na+].[Na+].[Na+]. The molecular weight excluding hydrogens is 1820 g/mol. The maximum Gasteiger partial charge on any atom is 1.00 e. The van der Waals surface area contributed by atoms with Crippen LogP contribution < -0.4 is 355 Å². The third kappa shape index (κ3) is 51.4. The molecule has 0 bridgehead atoms. The molecule has 0 saturated heterocycles. The summed E-state index contributed by atoms with van der Waals surface area (Å²) in [6.45, 7) is -2.42. The van der Waals surface area contributed by atoms with Gasteiger partial charge in [0, 0.05) is 0 Å². The molecule has 0 aromatic rings. The monoisotopic (exact) mass is 1850 g/mol. The first-order chi connectivity index (χ1) is 41.1. The van der Waals surface area contributed by atoms with Crippen LogP contribution in [0.5, 0.6) is 0 Å². The topological polar surface area (TPSA) is 804 Å². The van der Waals surface area contributed by atoms with E-state index in [2.05, 4.69) is 50.2 Å². The van der Waals surface area contributed by atoms with Gasteiger partial charge in [0.1, 0.15) is 73.2 Å². The molecule has 0 saturated carbocycles. The van der Waals surface area contributed by atoms with Gasteiger partial charge in [-0.15, -0.1) is 0 Å². The Balaban J connectivity index is -0.00000107. The summed E-state index contributed by atoms with van der Waals surface area (Å²) >= 11 is 0. The van der Waals surface area contributed by atoms with E-state index in [0.29, 0.717) is 34.1 Å². The minimum atomic E-state index is -6.49. The van der Waals surface area contributed by atoms with Gasteiger partial charge in [0.05, 0.1) is 24.2 Å². The van der Waals surface area contributed by atoms with Crippen molar-refractivity contribution in [2.24, 2.45) is 0 Å². The van der Waals surface area contributed by atoms with Gasteiger partial charge in [0.15, 0.2) is 0 Å². The van der Waals surface area contributed by atoms with E-state index in [0.717, 1.165) is 0 Å². The van der Waals surface area contributed by atoms with E-state index < -0.39 is 261 Å². The Kier molecular flexibility index (Phi) is 67.6. The predicted octanol–water partition coefficient (Wildman–Crippen LogP) is -46.9. The van der Waals surface area contributed by atoms with Crippen molar-refractivity contribution in [1.82, 2.24) is 9.80 Å². The van der Waals surface area contributed by atoms with E-state index in [1.165, 1.54) is 0 Å². The molecule has 16 atom stereocenters. The average molecular weight is 1850 g/mol. The van der Waals surface area contributed by atoms with Gasteiger partial charge in [0.25, 0.3) is 0 Å². The van der Waals surface area contributed by atoms with Crippen molar-refractivity contribution < 1.29 is 561 Å². The van der Waals surface area contributed by atoms with Crippen molar-refractivity contribution in [3.63, 3.8) is 0 Å². The van der Waals surface area contributed by atoms with Crippen LogP contribution in [0.1, 0.15) is 25.7 Å². The molecule has 0 fully saturated rings. The van der Waals surface area contributed by atoms with Crippen molar-refractivity contribution in [2.45, 2.75) is 123 Å². The third-order valence-corrected chi connectivity index (χ3v) is 17.3. The average Bonchev–Trinajstić information content (AvgIpc) is 0.765. The summed E-state index contributed by atoms with van der Waals surface area (Å²) in [5.74, 6) is 0. The van der Waals surface area contributed by atoms with E-state index in [1.807, 2.05) is 0 Å². The molecule has 74 heteroatoms. The number of rotatable bonds is 35. The molecule has 0 aromatic heterocycles. The molecule has 538 valence electrons. The van der Waals surface area contributed by atoms with Crippen molar-refractivity contribution >= 4 is 125 Å². The van der Waals surface area contributed by atoms with Crippen LogP contribution in [0.4, 0.5) is 0 Å². The van der Waals surface area contributed by atoms with Gasteiger partial charge in [-0.1, -0.05) is 61.4 Å². The molecule has 0 aliphatic heterocycles. The number of hydrogen-bond donors (Lipinski definition) is 0. The van der Waals surface area contributed by atoms with Gasteiger partial charge in [-0.05, 0) is 25.9 Å². The fourth-order valence-corrected chi connectivity index (χ4v) is 15.0. The Morgan fingerprint density at radius 1 is 0.192 bits per heavy atom. The first-order valence-corrected chi connectivity index (χ1v) is 39.0. The van der Waals surface area contributed by atoms with Gasteiger partial charge in [0.2, 0.25) is 125 Å². The van der Waals surface area contributed by atoms with E-state index >= 15 is 0 Å². The summed E-state index contributed by atoms with van der Waals surface area (Å²) in [7, 11) is -76.4. The predicted molar refractivity (Wildman–Crippen MR) is 258 cm³/mol. The summed E-state index contributed by atoms with van der Waals surface area (Å²) in [5.41, 5.74) is 0. The maximum absolute atomic E-state index is 12.3. The molecule has 0 spiro atoms. The minimum absolute atomic E-state index is 0. The Bertz CT molecular complexity index is 3730. The largest absolute Gasteiger partial charge is 1.00 e. The number of unbranched alkanes of at least 4 members (excludes halogenated alkanes) is 3. The van der Waals surface area contributed by atoms with Crippen LogP contribution >= 0.6 is 0 Å². The molecule has 0 heterocycles. The summed E-state index contributed by atoms with van der Waals surface area (Å²) in [6.07, 6.45) is -38.4. The second-order valence-corrected chi connectivity index (χ2v) is 30.1. The van der Waals surface area contributed by atoms with E-state index in [1.54, 1.807) is 0 Å². The Morgan fingerprint density at radius 3 is 0.442 bits per heavy atom. The van der Waals surface area contributed by atoms with E-state index in [4.69, 9.17) is 0 Å². The number of hydrogen-bond acceptors (Lipinski definition) is 50. The van der Waals surface area contributed by atoms with Gasteiger partial charge in [-0.25, -0.2) is 101 Å². The molecule has 0 amide bonds. The summed E-state index contributed by atoms with van der Waals surface area (Å²) in [4.78, 5) is 0.643. The van der Waals surface area contributed by atoms with Crippen molar-refractivity contribution in [3.8, 4) is 0 Å². The molecule has 0 aromatic carbocycles. The maximum atomic E-state index is 12.3. The van der Waals surface area contributed by atoms with Gasteiger partial charge >= 0.3 is 355 Å². The van der Waals surface area contributed by atoms with Crippen LogP contribution in [-0.4, -0.2) is 276 Å². The van der Waals surface area contributed by atoms with Crippen molar-refractivity contribution in [3.05, 3.63) is 48.6 Å². The molecule has 4 aliphatic carbocycles. The third-order valence-electron chi connectivity index (χ3n) is 11.8. The van der Waals surface area contributed by atoms with Crippen LogP contribution in [-0.2, 0) is 175 Å². The van der Waals surface area contributed by atoms with Gasteiger partial charge < -0.3 is 54.6 Å². The van der Waals surface area contributed by atoms with Crippen LogP contribution in [0.2, 0.25) is 0 Å². The Hall–Kier alpha value is 9.32. The summed E-state index contributed by atoms with van der Waals surface area (Å²) < 4.78 is 482. The zero-order valence-corrected chi connectivity index (χ0v) is 89.3. The van der Waals surface area contributed by atoms with Crippen LogP contribution in [0, 0.1) is 0 Å². The smallest absolute Gasteiger partial charge is 0.726 e. The van der Waals surface area contributed by atoms with Crippen molar-refractivity contribution in [1.29, 1.82) is 0 Å². The molecule has 50 nitrogen and oxygen atoms in total. The molecule has 104 heavy (non-hydrogen) atoms. The summed E-state index contributed by atoms with van der Waals surface area (Å²) in [6, 6.07) is -10.5. The Morgan fingerprint density at radius 2 is 0.317 bits per heavy atom. The van der Waals surface area contributed by atoms with Crippen LogP contribution in [0.15, 0.2) is 48.6 Å². The van der Waals surface area contributed by atoms with Crippen LogP contribution in [0.25, 0.3) is 0 Å². The number of nitrogens with zero attached hydrogens (tertiary/aromatic N) is 2. The van der Waals surface area contributed by atoms with Gasteiger partial charge in [-0.3, -0.25) is 60.0 Å². The molecule has 4 aliphatic rings. The zero-order valence-electron chi connectivity index (χ0n) is 55.5. The fraction of sp³-hybridized carbons (Fsp3) is 0.733.